The Hall–Kier alpha value is -0.260. The van der Waals surface area contributed by atoms with E-state index in [0.717, 1.165) is 25.3 Å². The van der Waals surface area contributed by atoms with Crippen LogP contribution in [-0.2, 0) is 4.79 Å². The van der Waals surface area contributed by atoms with Gasteiger partial charge in [0.1, 0.15) is 0 Å². The molecule has 0 aliphatic carbocycles. The SMILES string of the molecule is CSCC[C@H](N)C(=O)NCC1CCCN(C(C)C)C1. The molecule has 0 saturated carbocycles. The van der Waals surface area contributed by atoms with Crippen LogP contribution in [0.25, 0.3) is 0 Å². The maximum atomic E-state index is 11.8. The van der Waals surface area contributed by atoms with Crippen molar-refractivity contribution in [1.82, 2.24) is 10.2 Å². The fourth-order valence-electron chi connectivity index (χ4n) is 2.48. The van der Waals surface area contributed by atoms with Gasteiger partial charge >= 0.3 is 0 Å². The number of thioether (sulfide) groups is 1. The molecule has 1 aliphatic heterocycles. The Kier molecular flexibility index (Phi) is 7.80. The average molecular weight is 287 g/mol. The smallest absolute Gasteiger partial charge is 0.236 e. The number of amides is 1. The van der Waals surface area contributed by atoms with E-state index >= 15 is 0 Å². The Balaban J connectivity index is 2.25. The summed E-state index contributed by atoms with van der Waals surface area (Å²) in [5, 5.41) is 3.02. The monoisotopic (exact) mass is 287 g/mol. The maximum Gasteiger partial charge on any atom is 0.236 e. The molecule has 0 aromatic heterocycles. The third-order valence-corrected chi connectivity index (χ3v) is 4.46. The van der Waals surface area contributed by atoms with Crippen molar-refractivity contribution in [1.29, 1.82) is 0 Å². The van der Waals surface area contributed by atoms with Gasteiger partial charge in [0.2, 0.25) is 5.91 Å². The Labute approximate surface area is 121 Å². The minimum Gasteiger partial charge on any atom is -0.354 e. The summed E-state index contributed by atoms with van der Waals surface area (Å²) in [4.78, 5) is 14.3. The predicted molar refractivity (Wildman–Crippen MR) is 83.4 cm³/mol. The molecule has 1 aliphatic rings. The van der Waals surface area contributed by atoms with Gasteiger partial charge in [0.05, 0.1) is 6.04 Å². The van der Waals surface area contributed by atoms with Gasteiger partial charge in [0.15, 0.2) is 0 Å². The summed E-state index contributed by atoms with van der Waals surface area (Å²) >= 11 is 1.73. The molecular weight excluding hydrogens is 258 g/mol. The lowest BCUT2D eigenvalue weighted by Crippen LogP contribution is -2.47. The van der Waals surface area contributed by atoms with E-state index in [-0.39, 0.29) is 11.9 Å². The van der Waals surface area contributed by atoms with Crippen molar-refractivity contribution in [3.8, 4) is 0 Å². The molecule has 1 fully saturated rings. The number of likely N-dealkylation sites (tertiary alicyclic amines) is 1. The van der Waals surface area contributed by atoms with E-state index in [2.05, 4.69) is 24.1 Å². The minimum atomic E-state index is -0.350. The first kappa shape index (κ1) is 16.8. The van der Waals surface area contributed by atoms with E-state index in [4.69, 9.17) is 5.73 Å². The zero-order valence-corrected chi connectivity index (χ0v) is 13.3. The van der Waals surface area contributed by atoms with E-state index in [1.165, 1.54) is 19.4 Å². The molecule has 19 heavy (non-hydrogen) atoms. The van der Waals surface area contributed by atoms with Crippen molar-refractivity contribution in [2.75, 3.05) is 31.6 Å². The molecule has 4 nitrogen and oxygen atoms in total. The van der Waals surface area contributed by atoms with Crippen LogP contribution in [-0.4, -0.2) is 54.5 Å². The van der Waals surface area contributed by atoms with Gasteiger partial charge < -0.3 is 16.0 Å². The first-order chi connectivity index (χ1) is 9.04. The van der Waals surface area contributed by atoms with Crippen LogP contribution in [0.4, 0.5) is 0 Å². The Morgan fingerprint density at radius 2 is 2.26 bits per heavy atom. The van der Waals surface area contributed by atoms with Gasteiger partial charge in [-0.3, -0.25) is 4.79 Å². The number of nitrogens with two attached hydrogens (primary N) is 1. The summed E-state index contributed by atoms with van der Waals surface area (Å²) in [7, 11) is 0. The summed E-state index contributed by atoms with van der Waals surface area (Å²) in [6.45, 7) is 7.53. The molecule has 0 bridgehead atoms. The van der Waals surface area contributed by atoms with Crippen LogP contribution in [0.2, 0.25) is 0 Å². The first-order valence-electron chi connectivity index (χ1n) is 7.30. The third kappa shape index (κ3) is 6.15. The van der Waals surface area contributed by atoms with Crippen LogP contribution in [0, 0.1) is 5.92 Å². The molecule has 0 radical (unpaired) electrons. The summed E-state index contributed by atoms with van der Waals surface area (Å²) in [6, 6.07) is 0.250. The molecule has 5 heteroatoms. The highest BCUT2D eigenvalue weighted by Gasteiger charge is 2.22. The Morgan fingerprint density at radius 1 is 1.53 bits per heavy atom. The van der Waals surface area contributed by atoms with Crippen molar-refractivity contribution in [3.05, 3.63) is 0 Å². The van der Waals surface area contributed by atoms with Gasteiger partial charge in [-0.25, -0.2) is 0 Å². The van der Waals surface area contributed by atoms with Gasteiger partial charge in [-0.15, -0.1) is 0 Å². The van der Waals surface area contributed by atoms with Crippen molar-refractivity contribution in [2.24, 2.45) is 11.7 Å². The van der Waals surface area contributed by atoms with Crippen LogP contribution in [0.5, 0.6) is 0 Å². The number of nitrogens with zero attached hydrogens (tertiary/aromatic N) is 1. The second-order valence-corrected chi connectivity index (χ2v) is 6.72. The number of carbonyl (C=O) groups is 1. The fraction of sp³-hybridized carbons (Fsp3) is 0.929. The largest absolute Gasteiger partial charge is 0.354 e. The molecule has 1 rings (SSSR count). The average Bonchev–Trinajstić information content (AvgIpc) is 2.42. The molecule has 1 amide bonds. The number of nitrogens with one attached hydrogen (secondary N) is 1. The van der Waals surface area contributed by atoms with Crippen molar-refractivity contribution < 1.29 is 4.79 Å². The summed E-state index contributed by atoms with van der Waals surface area (Å²) in [6.07, 6.45) is 5.24. The first-order valence-corrected chi connectivity index (χ1v) is 8.70. The summed E-state index contributed by atoms with van der Waals surface area (Å²) in [5.41, 5.74) is 5.86. The Morgan fingerprint density at radius 3 is 2.89 bits per heavy atom. The van der Waals surface area contributed by atoms with E-state index in [9.17, 15) is 4.79 Å². The van der Waals surface area contributed by atoms with Gasteiger partial charge in [-0.1, -0.05) is 0 Å². The van der Waals surface area contributed by atoms with Crippen molar-refractivity contribution in [3.63, 3.8) is 0 Å². The van der Waals surface area contributed by atoms with E-state index in [0.29, 0.717) is 12.0 Å². The third-order valence-electron chi connectivity index (χ3n) is 3.82. The van der Waals surface area contributed by atoms with Crippen LogP contribution >= 0.6 is 11.8 Å². The van der Waals surface area contributed by atoms with Gasteiger partial charge in [-0.2, -0.15) is 11.8 Å². The zero-order chi connectivity index (χ0) is 14.3. The summed E-state index contributed by atoms with van der Waals surface area (Å²) in [5.74, 6) is 1.53. The predicted octanol–water partition coefficient (Wildman–Crippen LogP) is 1.30. The molecule has 3 N–H and O–H groups in total. The van der Waals surface area contributed by atoms with Gasteiger partial charge in [-0.05, 0) is 57.6 Å². The van der Waals surface area contributed by atoms with Gasteiger partial charge in [0, 0.05) is 19.1 Å². The molecule has 112 valence electrons. The molecule has 1 saturated heterocycles. The molecular formula is C14H29N3OS. The fourth-order valence-corrected chi connectivity index (χ4v) is 2.97. The highest BCUT2D eigenvalue weighted by Crippen LogP contribution is 2.17. The highest BCUT2D eigenvalue weighted by molar-refractivity contribution is 7.98. The highest BCUT2D eigenvalue weighted by atomic mass is 32.2. The van der Waals surface area contributed by atoms with Crippen molar-refractivity contribution >= 4 is 17.7 Å². The zero-order valence-electron chi connectivity index (χ0n) is 12.5. The lowest BCUT2D eigenvalue weighted by Gasteiger charge is -2.35. The summed E-state index contributed by atoms with van der Waals surface area (Å²) < 4.78 is 0. The molecule has 1 heterocycles. The molecule has 0 aromatic rings. The number of hydrogen-bond donors (Lipinski definition) is 2. The molecule has 1 unspecified atom stereocenters. The lowest BCUT2D eigenvalue weighted by molar-refractivity contribution is -0.122. The number of hydrogen-bond acceptors (Lipinski definition) is 4. The van der Waals surface area contributed by atoms with Crippen molar-refractivity contribution in [2.45, 2.75) is 45.2 Å². The quantitative estimate of drug-likeness (QED) is 0.741. The van der Waals surface area contributed by atoms with Crippen LogP contribution in [0.1, 0.15) is 33.1 Å². The lowest BCUT2D eigenvalue weighted by atomic mass is 9.97. The minimum absolute atomic E-state index is 0.00993. The van der Waals surface area contributed by atoms with E-state index in [1.54, 1.807) is 11.8 Å². The molecule has 2 atom stereocenters. The topological polar surface area (TPSA) is 58.4 Å². The molecule has 0 aromatic carbocycles. The second kappa shape index (κ2) is 8.82. The normalized spacial score (nSPS) is 22.5. The second-order valence-electron chi connectivity index (χ2n) is 5.73. The van der Waals surface area contributed by atoms with Gasteiger partial charge in [0.25, 0.3) is 0 Å². The van der Waals surface area contributed by atoms with Crippen LogP contribution in [0.3, 0.4) is 0 Å². The molecule has 0 spiro atoms. The number of carbonyl (C=O) groups excluding carboxylic acids is 1. The van der Waals surface area contributed by atoms with Crippen LogP contribution < -0.4 is 11.1 Å². The van der Waals surface area contributed by atoms with Crippen LogP contribution in [0.15, 0.2) is 0 Å². The van der Waals surface area contributed by atoms with E-state index < -0.39 is 0 Å². The maximum absolute atomic E-state index is 11.8. The number of piperidine rings is 1. The Bertz CT molecular complexity index is 273. The number of rotatable bonds is 7. The van der Waals surface area contributed by atoms with E-state index in [1.807, 2.05) is 6.26 Å². The standard InChI is InChI=1S/C14H29N3OS/c1-11(2)17-7-4-5-12(10-17)9-16-14(18)13(15)6-8-19-3/h11-13H,4-10,15H2,1-3H3,(H,16,18)/t12?,13-/m0/s1.